The topological polar surface area (TPSA) is 113 Å². The normalized spacial score (nSPS) is 11.2. The molecule has 9 nitrogen and oxygen atoms in total. The minimum Gasteiger partial charge on any atom is -0.497 e. The van der Waals surface area contributed by atoms with Gasteiger partial charge in [0.15, 0.2) is 11.5 Å². The summed E-state index contributed by atoms with van der Waals surface area (Å²) in [5.41, 5.74) is 1.06. The second-order valence-electron chi connectivity index (χ2n) is 6.13. The van der Waals surface area contributed by atoms with Gasteiger partial charge in [-0.2, -0.15) is 0 Å². The minimum absolute atomic E-state index is 0.0435. The molecule has 1 heterocycles. The summed E-state index contributed by atoms with van der Waals surface area (Å²) in [5, 5.41) is 17.9. The van der Waals surface area contributed by atoms with Crippen LogP contribution in [-0.2, 0) is 4.79 Å². The molecule has 0 aliphatic carbocycles. The van der Waals surface area contributed by atoms with Crippen LogP contribution in [0.1, 0.15) is 5.56 Å². The summed E-state index contributed by atoms with van der Waals surface area (Å²) in [5.74, 6) is 0.817. The van der Waals surface area contributed by atoms with E-state index in [1.54, 1.807) is 30.3 Å². The van der Waals surface area contributed by atoms with Crippen molar-refractivity contribution in [1.29, 1.82) is 0 Å². The highest BCUT2D eigenvalue weighted by atomic mass is 35.5. The second-order valence-corrected chi connectivity index (χ2v) is 7.53. The summed E-state index contributed by atoms with van der Waals surface area (Å²) in [7, 11) is 5.97. The zero-order valence-electron chi connectivity index (χ0n) is 17.5. The molecule has 0 fully saturated rings. The van der Waals surface area contributed by atoms with E-state index >= 15 is 0 Å². The van der Waals surface area contributed by atoms with Crippen LogP contribution < -0.4 is 18.9 Å². The van der Waals surface area contributed by atoms with Crippen LogP contribution in [0, 0.1) is 0 Å². The number of carboxylic acid groups (broad SMARTS) is 1. The van der Waals surface area contributed by atoms with Gasteiger partial charge in [0, 0.05) is 11.6 Å². The standard InChI is InChI=1S/C21H19ClN2O7S/c1-27-13-8-12(9-14(10-13)28-2)19-23-24-21(31-19)32-17(20(25)26)7-11-5-15(22)18(30-4)16(6-11)29-3/h5-10H,1-4H3,(H,25,26)/b17-7-. The molecule has 0 radical (unpaired) electrons. The van der Waals surface area contributed by atoms with Gasteiger partial charge in [0.05, 0.1) is 33.5 Å². The molecule has 168 valence electrons. The highest BCUT2D eigenvalue weighted by molar-refractivity contribution is 8.03. The third kappa shape index (κ3) is 5.27. The number of ether oxygens (including phenoxy) is 4. The maximum absolute atomic E-state index is 11.8. The van der Waals surface area contributed by atoms with Crippen molar-refractivity contribution in [3.05, 3.63) is 45.8 Å². The molecule has 0 aliphatic heterocycles. The molecule has 0 unspecified atom stereocenters. The molecule has 3 aromatic rings. The number of carboxylic acids is 1. The fraction of sp³-hybridized carbons (Fsp3) is 0.190. The lowest BCUT2D eigenvalue weighted by atomic mass is 10.2. The maximum atomic E-state index is 11.8. The van der Waals surface area contributed by atoms with Crippen LogP contribution in [0.4, 0.5) is 0 Å². The van der Waals surface area contributed by atoms with Crippen molar-refractivity contribution in [1.82, 2.24) is 10.2 Å². The summed E-state index contributed by atoms with van der Waals surface area (Å²) in [6, 6.07) is 8.27. The lowest BCUT2D eigenvalue weighted by Crippen LogP contribution is -1.97. The van der Waals surface area contributed by atoms with Gasteiger partial charge in [0.25, 0.3) is 5.22 Å². The van der Waals surface area contributed by atoms with E-state index in [0.717, 1.165) is 11.8 Å². The molecule has 0 aliphatic rings. The summed E-state index contributed by atoms with van der Waals surface area (Å²) in [6.07, 6.45) is 1.42. The van der Waals surface area contributed by atoms with E-state index in [-0.39, 0.29) is 21.0 Å². The predicted octanol–water partition coefficient (Wildman–Crippen LogP) is 4.64. The number of hydrogen-bond donors (Lipinski definition) is 1. The molecule has 0 spiro atoms. The van der Waals surface area contributed by atoms with Crippen molar-refractivity contribution in [2.75, 3.05) is 28.4 Å². The van der Waals surface area contributed by atoms with Gasteiger partial charge in [0.1, 0.15) is 16.4 Å². The molecule has 0 saturated carbocycles. The number of rotatable bonds is 9. The van der Waals surface area contributed by atoms with E-state index in [0.29, 0.717) is 34.1 Å². The monoisotopic (exact) mass is 478 g/mol. The molecule has 1 N–H and O–H groups in total. The highest BCUT2D eigenvalue weighted by Gasteiger charge is 2.18. The zero-order valence-corrected chi connectivity index (χ0v) is 19.1. The smallest absolute Gasteiger partial charge is 0.342 e. The first-order chi connectivity index (χ1) is 15.4. The number of aliphatic carboxylic acids is 1. The fourth-order valence-electron chi connectivity index (χ4n) is 2.70. The number of halogens is 1. The summed E-state index contributed by atoms with van der Waals surface area (Å²) < 4.78 is 26.6. The summed E-state index contributed by atoms with van der Waals surface area (Å²) in [6.45, 7) is 0. The molecule has 0 bridgehead atoms. The van der Waals surface area contributed by atoms with E-state index in [1.807, 2.05) is 0 Å². The maximum Gasteiger partial charge on any atom is 0.342 e. The molecule has 2 aromatic carbocycles. The molecular weight excluding hydrogens is 460 g/mol. The Balaban J connectivity index is 1.91. The van der Waals surface area contributed by atoms with Gasteiger partial charge in [-0.1, -0.05) is 11.6 Å². The average molecular weight is 479 g/mol. The summed E-state index contributed by atoms with van der Waals surface area (Å²) >= 11 is 7.01. The number of methoxy groups -OCH3 is 4. The highest BCUT2D eigenvalue weighted by Crippen LogP contribution is 2.38. The van der Waals surface area contributed by atoms with Crippen molar-refractivity contribution >= 4 is 35.4 Å². The van der Waals surface area contributed by atoms with Crippen LogP contribution >= 0.6 is 23.4 Å². The van der Waals surface area contributed by atoms with Crippen molar-refractivity contribution < 1.29 is 33.3 Å². The molecule has 0 amide bonds. The lowest BCUT2D eigenvalue weighted by Gasteiger charge is -2.10. The quantitative estimate of drug-likeness (QED) is 0.344. The van der Waals surface area contributed by atoms with Crippen molar-refractivity contribution in [2.24, 2.45) is 0 Å². The Kier molecular flexibility index (Phi) is 7.49. The second kappa shape index (κ2) is 10.3. The Morgan fingerprint density at radius 1 is 1.00 bits per heavy atom. The summed E-state index contributed by atoms with van der Waals surface area (Å²) in [4.78, 5) is 11.8. The average Bonchev–Trinajstić information content (AvgIpc) is 3.26. The van der Waals surface area contributed by atoms with Gasteiger partial charge in [-0.25, -0.2) is 4.79 Å². The van der Waals surface area contributed by atoms with Crippen LogP contribution in [0.15, 0.2) is 44.9 Å². The van der Waals surface area contributed by atoms with E-state index in [4.69, 9.17) is 35.0 Å². The van der Waals surface area contributed by atoms with Crippen LogP contribution in [0.25, 0.3) is 17.5 Å². The minimum atomic E-state index is -1.18. The van der Waals surface area contributed by atoms with Crippen LogP contribution in [0.3, 0.4) is 0 Å². The molecule has 32 heavy (non-hydrogen) atoms. The zero-order chi connectivity index (χ0) is 23.3. The van der Waals surface area contributed by atoms with E-state index < -0.39 is 5.97 Å². The Morgan fingerprint density at radius 2 is 1.69 bits per heavy atom. The number of nitrogens with zero attached hydrogens (tertiary/aromatic N) is 2. The number of thioether (sulfide) groups is 1. The largest absolute Gasteiger partial charge is 0.497 e. The molecule has 0 atom stereocenters. The third-order valence-corrected chi connectivity index (χ3v) is 5.30. The number of hydrogen-bond acceptors (Lipinski definition) is 9. The number of benzene rings is 2. The Labute approximate surface area is 192 Å². The molecular formula is C21H19ClN2O7S. The van der Waals surface area contributed by atoms with Gasteiger partial charge in [-0.05, 0) is 47.7 Å². The van der Waals surface area contributed by atoms with Gasteiger partial charge in [-0.15, -0.1) is 10.2 Å². The third-order valence-electron chi connectivity index (χ3n) is 4.17. The van der Waals surface area contributed by atoms with E-state index in [2.05, 4.69) is 10.2 Å². The fourth-order valence-corrected chi connectivity index (χ4v) is 3.67. The molecule has 1 aromatic heterocycles. The molecule has 3 rings (SSSR count). The van der Waals surface area contributed by atoms with Gasteiger partial charge < -0.3 is 28.5 Å². The van der Waals surface area contributed by atoms with Gasteiger partial charge in [-0.3, -0.25) is 0 Å². The first kappa shape index (κ1) is 23.3. The Hall–Kier alpha value is -3.37. The number of carbonyl (C=O) groups is 1. The first-order valence-corrected chi connectivity index (χ1v) is 10.2. The number of aromatic nitrogens is 2. The SMILES string of the molecule is COc1cc(OC)cc(-c2nnc(S/C(=C\c3cc(Cl)c(OC)c(OC)c3)C(=O)O)o2)c1. The predicted molar refractivity (Wildman–Crippen MR) is 119 cm³/mol. The van der Waals surface area contributed by atoms with E-state index in [9.17, 15) is 9.90 Å². The lowest BCUT2D eigenvalue weighted by molar-refractivity contribution is -0.131. The Bertz CT molecular complexity index is 1140. The Morgan fingerprint density at radius 3 is 2.25 bits per heavy atom. The van der Waals surface area contributed by atoms with Crippen molar-refractivity contribution in [2.45, 2.75) is 5.22 Å². The molecule has 0 saturated heterocycles. The van der Waals surface area contributed by atoms with Crippen LogP contribution in [0.2, 0.25) is 5.02 Å². The van der Waals surface area contributed by atoms with Crippen LogP contribution in [0.5, 0.6) is 23.0 Å². The first-order valence-electron chi connectivity index (χ1n) is 8.99. The van der Waals surface area contributed by atoms with Crippen LogP contribution in [-0.4, -0.2) is 49.7 Å². The van der Waals surface area contributed by atoms with Crippen molar-refractivity contribution in [3.8, 4) is 34.5 Å². The van der Waals surface area contributed by atoms with E-state index in [1.165, 1.54) is 34.5 Å². The van der Waals surface area contributed by atoms with Gasteiger partial charge >= 0.3 is 5.97 Å². The van der Waals surface area contributed by atoms with Gasteiger partial charge in [0.2, 0.25) is 5.89 Å². The molecule has 11 heteroatoms. The van der Waals surface area contributed by atoms with Crippen molar-refractivity contribution in [3.63, 3.8) is 0 Å².